The monoisotopic (exact) mass is 279 g/mol. The molecule has 2 saturated heterocycles. The van der Waals surface area contributed by atoms with Crippen LogP contribution in [0.3, 0.4) is 0 Å². The third-order valence-electron chi connectivity index (χ3n) is 5.94. The summed E-state index contributed by atoms with van der Waals surface area (Å²) in [7, 11) is 0. The van der Waals surface area contributed by atoms with Crippen molar-refractivity contribution in [1.82, 2.24) is 9.80 Å². The number of nitrogens with zero attached hydrogens (tertiary/aromatic N) is 2. The number of hydrogen-bond acceptors (Lipinski definition) is 3. The molecule has 3 rings (SSSR count). The van der Waals surface area contributed by atoms with E-state index in [1.807, 2.05) is 0 Å². The highest BCUT2D eigenvalue weighted by molar-refractivity contribution is 4.95. The fourth-order valence-corrected chi connectivity index (χ4v) is 4.74. The average Bonchev–Trinajstić information content (AvgIpc) is 2.43. The number of piperazine rings is 1. The predicted octanol–water partition coefficient (Wildman–Crippen LogP) is 2.60. The summed E-state index contributed by atoms with van der Waals surface area (Å²) >= 11 is 0. The van der Waals surface area contributed by atoms with Crippen LogP contribution in [0.1, 0.15) is 64.7 Å². The number of hydrogen-bond donors (Lipinski definition) is 1. The lowest BCUT2D eigenvalue weighted by Gasteiger charge is -2.51. The van der Waals surface area contributed by atoms with E-state index in [0.29, 0.717) is 18.1 Å². The molecule has 0 spiro atoms. The van der Waals surface area contributed by atoms with Crippen molar-refractivity contribution in [2.75, 3.05) is 19.6 Å². The van der Waals surface area contributed by atoms with Crippen molar-refractivity contribution in [3.05, 3.63) is 0 Å². The minimum Gasteiger partial charge on any atom is -0.326 e. The Morgan fingerprint density at radius 3 is 2.45 bits per heavy atom. The van der Waals surface area contributed by atoms with Crippen LogP contribution in [-0.2, 0) is 0 Å². The largest absolute Gasteiger partial charge is 0.326 e. The Hall–Kier alpha value is -0.120. The van der Waals surface area contributed by atoms with Crippen LogP contribution in [-0.4, -0.2) is 53.6 Å². The van der Waals surface area contributed by atoms with E-state index >= 15 is 0 Å². The van der Waals surface area contributed by atoms with Crippen LogP contribution in [0.15, 0.2) is 0 Å². The van der Waals surface area contributed by atoms with Gasteiger partial charge in [-0.1, -0.05) is 32.1 Å². The first-order valence-corrected chi connectivity index (χ1v) is 9.01. The van der Waals surface area contributed by atoms with Crippen LogP contribution in [0.2, 0.25) is 0 Å². The van der Waals surface area contributed by atoms with Gasteiger partial charge in [-0.05, 0) is 39.2 Å². The summed E-state index contributed by atoms with van der Waals surface area (Å²) in [4.78, 5) is 5.54. The summed E-state index contributed by atoms with van der Waals surface area (Å²) in [5, 5.41) is 0. The van der Waals surface area contributed by atoms with Crippen LogP contribution >= 0.6 is 0 Å². The lowest BCUT2D eigenvalue weighted by atomic mass is 9.88. The van der Waals surface area contributed by atoms with Gasteiger partial charge in [0.05, 0.1) is 0 Å². The van der Waals surface area contributed by atoms with Gasteiger partial charge in [-0.15, -0.1) is 0 Å². The van der Waals surface area contributed by atoms with Gasteiger partial charge in [0.15, 0.2) is 0 Å². The quantitative estimate of drug-likeness (QED) is 0.801. The molecule has 0 aromatic rings. The van der Waals surface area contributed by atoms with E-state index < -0.39 is 0 Å². The Balaban J connectivity index is 1.67. The number of rotatable bonds is 1. The maximum absolute atomic E-state index is 6.55. The lowest BCUT2D eigenvalue weighted by molar-refractivity contribution is -0.0178. The molecule has 1 aliphatic carbocycles. The van der Waals surface area contributed by atoms with Crippen LogP contribution in [0, 0.1) is 0 Å². The fourth-order valence-electron chi connectivity index (χ4n) is 4.74. The van der Waals surface area contributed by atoms with Gasteiger partial charge in [0.1, 0.15) is 0 Å². The lowest BCUT2D eigenvalue weighted by Crippen LogP contribution is -2.63. The molecule has 2 heterocycles. The number of fused-ring (bicyclic) bond motifs is 1. The summed E-state index contributed by atoms with van der Waals surface area (Å²) in [5.41, 5.74) is 6.55. The van der Waals surface area contributed by atoms with Crippen molar-refractivity contribution >= 4 is 0 Å². The summed E-state index contributed by atoms with van der Waals surface area (Å²) < 4.78 is 0. The zero-order valence-electron chi connectivity index (χ0n) is 13.3. The third kappa shape index (κ3) is 3.20. The molecule has 0 amide bonds. The predicted molar refractivity (Wildman–Crippen MR) is 84.8 cm³/mol. The van der Waals surface area contributed by atoms with E-state index in [-0.39, 0.29) is 0 Å². The van der Waals surface area contributed by atoms with Crippen molar-refractivity contribution in [3.8, 4) is 0 Å². The van der Waals surface area contributed by atoms with E-state index in [1.165, 1.54) is 77.4 Å². The molecule has 116 valence electrons. The first kappa shape index (κ1) is 14.8. The van der Waals surface area contributed by atoms with Gasteiger partial charge in [0.2, 0.25) is 0 Å². The maximum atomic E-state index is 6.55. The topological polar surface area (TPSA) is 32.5 Å². The molecule has 1 saturated carbocycles. The summed E-state index contributed by atoms with van der Waals surface area (Å²) in [6.07, 6.45) is 12.4. The minimum absolute atomic E-state index is 0.410. The second-order valence-electron chi connectivity index (χ2n) is 7.41. The smallest absolute Gasteiger partial charge is 0.0251 e. The molecule has 0 bridgehead atoms. The zero-order valence-corrected chi connectivity index (χ0v) is 13.3. The molecule has 2 N–H and O–H groups in total. The highest BCUT2D eigenvalue weighted by Crippen LogP contribution is 2.29. The van der Waals surface area contributed by atoms with Gasteiger partial charge in [-0.3, -0.25) is 9.80 Å². The second kappa shape index (κ2) is 6.76. The van der Waals surface area contributed by atoms with Crippen molar-refractivity contribution in [3.63, 3.8) is 0 Å². The van der Waals surface area contributed by atoms with E-state index in [2.05, 4.69) is 16.7 Å². The fraction of sp³-hybridized carbons (Fsp3) is 1.00. The van der Waals surface area contributed by atoms with Crippen LogP contribution < -0.4 is 5.73 Å². The van der Waals surface area contributed by atoms with E-state index in [9.17, 15) is 0 Å². The Morgan fingerprint density at radius 1 is 0.850 bits per heavy atom. The first-order chi connectivity index (χ1) is 9.75. The Labute approximate surface area is 124 Å². The Bertz CT molecular complexity index is 307. The van der Waals surface area contributed by atoms with Crippen molar-refractivity contribution in [2.24, 2.45) is 5.73 Å². The highest BCUT2D eigenvalue weighted by atomic mass is 15.3. The molecular formula is C17H33N3. The van der Waals surface area contributed by atoms with Crippen LogP contribution in [0.25, 0.3) is 0 Å². The molecule has 0 aromatic heterocycles. The Kier molecular flexibility index (Phi) is 5.00. The molecule has 0 aromatic carbocycles. The van der Waals surface area contributed by atoms with Gasteiger partial charge in [0.25, 0.3) is 0 Å². The van der Waals surface area contributed by atoms with E-state index in [4.69, 9.17) is 5.73 Å². The zero-order chi connectivity index (χ0) is 13.9. The van der Waals surface area contributed by atoms with Crippen LogP contribution in [0.4, 0.5) is 0 Å². The second-order valence-corrected chi connectivity index (χ2v) is 7.41. The van der Waals surface area contributed by atoms with Gasteiger partial charge >= 0.3 is 0 Å². The van der Waals surface area contributed by atoms with Crippen molar-refractivity contribution < 1.29 is 0 Å². The maximum Gasteiger partial charge on any atom is 0.0251 e. The molecule has 3 fully saturated rings. The number of piperidine rings is 1. The molecule has 20 heavy (non-hydrogen) atoms. The highest BCUT2D eigenvalue weighted by Gasteiger charge is 2.37. The minimum atomic E-state index is 0.410. The molecule has 4 atom stereocenters. The van der Waals surface area contributed by atoms with Gasteiger partial charge in [0, 0.05) is 37.3 Å². The van der Waals surface area contributed by atoms with Gasteiger partial charge in [-0.25, -0.2) is 0 Å². The standard InChI is InChI=1S/C17H33N3/c1-14-12-19-11-7-6-8-15(19)13-20(14)17-10-5-3-2-4-9-16(17)18/h14-17H,2-13,18H2,1H3. The molecule has 2 aliphatic heterocycles. The van der Waals surface area contributed by atoms with Crippen molar-refractivity contribution in [1.29, 1.82) is 0 Å². The van der Waals surface area contributed by atoms with Crippen LogP contribution in [0.5, 0.6) is 0 Å². The SMILES string of the molecule is CC1CN2CCCCC2CN1C1CCCCCCC1N. The van der Waals surface area contributed by atoms with Gasteiger partial charge in [-0.2, -0.15) is 0 Å². The van der Waals surface area contributed by atoms with E-state index in [0.717, 1.165) is 6.04 Å². The first-order valence-electron chi connectivity index (χ1n) is 9.01. The molecule has 3 nitrogen and oxygen atoms in total. The number of nitrogens with two attached hydrogens (primary N) is 1. The summed E-state index contributed by atoms with van der Waals surface area (Å²) in [6.45, 7) is 6.31. The normalized spacial score (nSPS) is 41.7. The summed E-state index contributed by atoms with van der Waals surface area (Å²) in [5.74, 6) is 0. The summed E-state index contributed by atoms with van der Waals surface area (Å²) in [6, 6.07) is 2.57. The average molecular weight is 279 g/mol. The molecule has 0 radical (unpaired) electrons. The molecule has 3 heteroatoms. The van der Waals surface area contributed by atoms with Crippen molar-refractivity contribution in [2.45, 2.75) is 88.9 Å². The van der Waals surface area contributed by atoms with Gasteiger partial charge < -0.3 is 5.73 Å². The molecule has 4 unspecified atom stereocenters. The third-order valence-corrected chi connectivity index (χ3v) is 5.94. The molecular weight excluding hydrogens is 246 g/mol. The molecule has 3 aliphatic rings. The Morgan fingerprint density at radius 2 is 1.60 bits per heavy atom. The van der Waals surface area contributed by atoms with E-state index in [1.54, 1.807) is 0 Å².